The molecule has 6 heteroatoms. The molecule has 0 saturated carbocycles. The number of amides is 1. The Balaban J connectivity index is 1.68. The number of benzene rings is 2. The molecule has 2 rings (SSSR count). The van der Waals surface area contributed by atoms with Gasteiger partial charge in [0.2, 0.25) is 0 Å². The molecule has 146 valence electrons. The first-order valence-electron chi connectivity index (χ1n) is 9.14. The van der Waals surface area contributed by atoms with Gasteiger partial charge in [0.25, 0.3) is 5.91 Å². The first-order valence-corrected chi connectivity index (χ1v) is 9.14. The first kappa shape index (κ1) is 21.0. The fraction of sp³-hybridized carbons (Fsp3) is 0.318. The molecule has 0 unspecified atom stereocenters. The Morgan fingerprint density at radius 2 is 1.75 bits per heavy atom. The maximum atomic E-state index is 12.0. The molecular formula is C22H24N2O4. The molecule has 0 radical (unpaired) electrons. The van der Waals surface area contributed by atoms with Crippen LogP contribution < -0.4 is 10.1 Å². The molecule has 28 heavy (non-hydrogen) atoms. The van der Waals surface area contributed by atoms with E-state index in [-0.39, 0.29) is 18.6 Å². The van der Waals surface area contributed by atoms with Crippen LogP contribution in [0.15, 0.2) is 54.6 Å². The predicted octanol–water partition coefficient (Wildman–Crippen LogP) is 3.01. The van der Waals surface area contributed by atoms with E-state index < -0.39 is 12.1 Å². The van der Waals surface area contributed by atoms with Crippen molar-refractivity contribution >= 4 is 11.9 Å². The number of nitrogens with one attached hydrogen (secondary N) is 1. The number of esters is 1. The molecule has 0 aliphatic carbocycles. The SMILES string of the molecule is C[C@H](CCc1ccccc1)NC(=O)COC(=O)[C@@H](C)Oc1ccc(C#N)cc1. The van der Waals surface area contributed by atoms with Crippen LogP contribution in [0.3, 0.4) is 0 Å². The first-order chi connectivity index (χ1) is 13.5. The van der Waals surface area contributed by atoms with Gasteiger partial charge in [-0.15, -0.1) is 0 Å². The second-order valence-electron chi connectivity index (χ2n) is 6.50. The smallest absolute Gasteiger partial charge is 0.347 e. The summed E-state index contributed by atoms with van der Waals surface area (Å²) in [4.78, 5) is 24.0. The molecule has 2 aromatic rings. The van der Waals surface area contributed by atoms with Gasteiger partial charge in [0.15, 0.2) is 12.7 Å². The predicted molar refractivity (Wildman–Crippen MR) is 105 cm³/mol. The maximum absolute atomic E-state index is 12.0. The van der Waals surface area contributed by atoms with Crippen LogP contribution in [0.4, 0.5) is 0 Å². The van der Waals surface area contributed by atoms with Crippen molar-refractivity contribution in [3.8, 4) is 11.8 Å². The lowest BCUT2D eigenvalue weighted by Gasteiger charge is -2.16. The number of aryl methyl sites for hydroxylation is 1. The van der Waals surface area contributed by atoms with E-state index in [1.807, 2.05) is 43.3 Å². The largest absolute Gasteiger partial charge is 0.479 e. The van der Waals surface area contributed by atoms with Crippen LogP contribution in [0.2, 0.25) is 0 Å². The van der Waals surface area contributed by atoms with Gasteiger partial charge < -0.3 is 14.8 Å². The van der Waals surface area contributed by atoms with Crippen molar-refractivity contribution in [3.63, 3.8) is 0 Å². The summed E-state index contributed by atoms with van der Waals surface area (Å²) in [5.41, 5.74) is 1.71. The lowest BCUT2D eigenvalue weighted by molar-refractivity contribution is -0.154. The monoisotopic (exact) mass is 380 g/mol. The van der Waals surface area contributed by atoms with E-state index in [9.17, 15) is 9.59 Å². The van der Waals surface area contributed by atoms with E-state index in [4.69, 9.17) is 14.7 Å². The highest BCUT2D eigenvalue weighted by Crippen LogP contribution is 2.14. The summed E-state index contributed by atoms with van der Waals surface area (Å²) in [6.45, 7) is 3.11. The lowest BCUT2D eigenvalue weighted by atomic mass is 10.1. The van der Waals surface area contributed by atoms with E-state index in [1.165, 1.54) is 5.56 Å². The number of hydrogen-bond donors (Lipinski definition) is 1. The van der Waals surface area contributed by atoms with Crippen molar-refractivity contribution < 1.29 is 19.1 Å². The lowest BCUT2D eigenvalue weighted by Crippen LogP contribution is -2.37. The average Bonchev–Trinajstić information content (AvgIpc) is 2.71. The molecule has 0 heterocycles. The normalized spacial score (nSPS) is 12.3. The van der Waals surface area contributed by atoms with E-state index in [1.54, 1.807) is 31.2 Å². The third-order valence-corrected chi connectivity index (χ3v) is 4.09. The van der Waals surface area contributed by atoms with Crippen LogP contribution in [-0.4, -0.2) is 30.6 Å². The van der Waals surface area contributed by atoms with Gasteiger partial charge in [-0.2, -0.15) is 5.26 Å². The fourth-order valence-corrected chi connectivity index (χ4v) is 2.53. The van der Waals surface area contributed by atoms with E-state index in [2.05, 4.69) is 5.32 Å². The Hall–Kier alpha value is -3.33. The second-order valence-corrected chi connectivity index (χ2v) is 6.50. The summed E-state index contributed by atoms with van der Waals surface area (Å²) in [5, 5.41) is 11.6. The highest BCUT2D eigenvalue weighted by atomic mass is 16.6. The van der Waals surface area contributed by atoms with Gasteiger partial charge in [0.1, 0.15) is 5.75 Å². The number of hydrogen-bond acceptors (Lipinski definition) is 5. The van der Waals surface area contributed by atoms with Gasteiger partial charge in [0.05, 0.1) is 11.6 Å². The average molecular weight is 380 g/mol. The molecule has 1 N–H and O–H groups in total. The van der Waals surface area contributed by atoms with Crippen LogP contribution in [-0.2, 0) is 20.7 Å². The summed E-state index contributed by atoms with van der Waals surface area (Å²) in [6.07, 6.45) is 0.788. The van der Waals surface area contributed by atoms with Gasteiger partial charge in [-0.05, 0) is 56.5 Å². The number of carbonyl (C=O) groups excluding carboxylic acids is 2. The molecule has 0 bridgehead atoms. The topological polar surface area (TPSA) is 88.4 Å². The Kier molecular flexibility index (Phi) is 8.04. The molecule has 2 atom stereocenters. The van der Waals surface area contributed by atoms with Crippen LogP contribution >= 0.6 is 0 Å². The van der Waals surface area contributed by atoms with Gasteiger partial charge in [-0.3, -0.25) is 4.79 Å². The summed E-state index contributed by atoms with van der Waals surface area (Å²) in [6, 6.07) is 18.4. The van der Waals surface area contributed by atoms with E-state index >= 15 is 0 Å². The summed E-state index contributed by atoms with van der Waals surface area (Å²) >= 11 is 0. The van der Waals surface area contributed by atoms with E-state index in [0.717, 1.165) is 12.8 Å². The van der Waals surface area contributed by atoms with Gasteiger partial charge >= 0.3 is 5.97 Å². The molecule has 0 spiro atoms. The number of rotatable bonds is 9. The zero-order valence-corrected chi connectivity index (χ0v) is 16.1. The minimum absolute atomic E-state index is 0.0290. The summed E-state index contributed by atoms with van der Waals surface area (Å²) in [7, 11) is 0. The van der Waals surface area contributed by atoms with Crippen molar-refractivity contribution in [2.24, 2.45) is 0 Å². The molecule has 0 aliphatic rings. The number of ether oxygens (including phenoxy) is 2. The number of carbonyl (C=O) groups is 2. The third-order valence-electron chi connectivity index (χ3n) is 4.09. The molecule has 6 nitrogen and oxygen atoms in total. The highest BCUT2D eigenvalue weighted by Gasteiger charge is 2.18. The minimum atomic E-state index is -0.865. The standard InChI is InChI=1S/C22H24N2O4/c1-16(8-9-18-6-4-3-5-7-18)24-21(25)15-27-22(26)17(2)28-20-12-10-19(14-23)11-13-20/h3-7,10-13,16-17H,8-9,15H2,1-2H3,(H,24,25)/t16-,17-/m1/s1. The Morgan fingerprint density at radius 3 is 2.39 bits per heavy atom. The third kappa shape index (κ3) is 7.12. The number of nitriles is 1. The van der Waals surface area contributed by atoms with Crippen molar-refractivity contribution in [3.05, 3.63) is 65.7 Å². The van der Waals surface area contributed by atoms with Crippen LogP contribution in [0, 0.1) is 11.3 Å². The van der Waals surface area contributed by atoms with Crippen molar-refractivity contribution in [2.75, 3.05) is 6.61 Å². The Bertz CT molecular complexity index is 813. The molecule has 0 saturated heterocycles. The summed E-state index contributed by atoms with van der Waals surface area (Å²) < 4.78 is 10.5. The van der Waals surface area contributed by atoms with Crippen LogP contribution in [0.5, 0.6) is 5.75 Å². The molecule has 0 aromatic heterocycles. The Morgan fingerprint density at radius 1 is 1.07 bits per heavy atom. The van der Waals surface area contributed by atoms with Gasteiger partial charge in [-0.1, -0.05) is 30.3 Å². The molecular weight excluding hydrogens is 356 g/mol. The maximum Gasteiger partial charge on any atom is 0.347 e. The van der Waals surface area contributed by atoms with Gasteiger partial charge in [-0.25, -0.2) is 4.79 Å². The zero-order chi connectivity index (χ0) is 20.4. The van der Waals surface area contributed by atoms with Gasteiger partial charge in [0, 0.05) is 6.04 Å². The highest BCUT2D eigenvalue weighted by molar-refractivity contribution is 5.82. The Labute approximate surface area is 165 Å². The van der Waals surface area contributed by atoms with Crippen LogP contribution in [0.25, 0.3) is 0 Å². The van der Waals surface area contributed by atoms with Crippen LogP contribution in [0.1, 0.15) is 31.4 Å². The van der Waals surface area contributed by atoms with Crippen molar-refractivity contribution in [1.82, 2.24) is 5.32 Å². The zero-order valence-electron chi connectivity index (χ0n) is 16.1. The molecule has 0 fully saturated rings. The van der Waals surface area contributed by atoms with Crippen molar-refractivity contribution in [2.45, 2.75) is 38.8 Å². The second kappa shape index (κ2) is 10.7. The molecule has 2 aromatic carbocycles. The quantitative estimate of drug-likeness (QED) is 0.676. The fourth-order valence-electron chi connectivity index (χ4n) is 2.53. The van der Waals surface area contributed by atoms with Crippen molar-refractivity contribution in [1.29, 1.82) is 5.26 Å². The van der Waals surface area contributed by atoms with E-state index in [0.29, 0.717) is 11.3 Å². The summed E-state index contributed by atoms with van der Waals surface area (Å²) in [5.74, 6) is -0.529. The number of nitrogens with zero attached hydrogens (tertiary/aromatic N) is 1. The molecule has 0 aliphatic heterocycles. The minimum Gasteiger partial charge on any atom is -0.479 e. The molecule has 1 amide bonds.